The number of fused-ring (bicyclic) bond motifs is 1. The number of benzene rings is 2. The van der Waals surface area contributed by atoms with Gasteiger partial charge in [-0.3, -0.25) is 24.9 Å². The van der Waals surface area contributed by atoms with Crippen LogP contribution in [0.1, 0.15) is 23.7 Å². The molecular formula is C22H26N6O7. The van der Waals surface area contributed by atoms with Crippen molar-refractivity contribution in [3.63, 3.8) is 0 Å². The molecule has 35 heavy (non-hydrogen) atoms. The molecule has 0 aliphatic carbocycles. The van der Waals surface area contributed by atoms with Crippen molar-refractivity contribution in [3.05, 3.63) is 64.2 Å². The summed E-state index contributed by atoms with van der Waals surface area (Å²) < 4.78 is 12.2. The maximum absolute atomic E-state index is 12.8. The summed E-state index contributed by atoms with van der Waals surface area (Å²) in [6.07, 6.45) is 0.0887. The van der Waals surface area contributed by atoms with Gasteiger partial charge in [-0.25, -0.2) is 10.2 Å². The van der Waals surface area contributed by atoms with E-state index in [0.717, 1.165) is 0 Å². The van der Waals surface area contributed by atoms with E-state index in [9.17, 15) is 24.9 Å². The number of ether oxygens (including phenoxy) is 2. The van der Waals surface area contributed by atoms with E-state index >= 15 is 0 Å². The number of hydroxylamine groups is 1. The fourth-order valence-electron chi connectivity index (χ4n) is 3.46. The lowest BCUT2D eigenvalue weighted by Crippen LogP contribution is -2.43. The molecule has 0 bridgehead atoms. The van der Waals surface area contributed by atoms with E-state index in [2.05, 4.69) is 15.6 Å². The molecule has 3 rings (SSSR count). The Kier molecular flexibility index (Phi) is 9.17. The van der Waals surface area contributed by atoms with E-state index in [4.69, 9.17) is 9.47 Å². The molecule has 2 atom stereocenters. The third kappa shape index (κ3) is 7.02. The van der Waals surface area contributed by atoms with Crippen LogP contribution in [-0.4, -0.2) is 63.0 Å². The average Bonchev–Trinajstić information content (AvgIpc) is 3.28. The van der Waals surface area contributed by atoms with Gasteiger partial charge < -0.3 is 14.8 Å². The van der Waals surface area contributed by atoms with E-state index in [-0.39, 0.29) is 37.6 Å². The van der Waals surface area contributed by atoms with E-state index < -0.39 is 28.7 Å². The van der Waals surface area contributed by atoms with Crippen LogP contribution in [0.5, 0.6) is 0 Å². The summed E-state index contributed by atoms with van der Waals surface area (Å²) in [5, 5.41) is 31.1. The van der Waals surface area contributed by atoms with Crippen molar-refractivity contribution < 1.29 is 29.2 Å². The third-order valence-electron chi connectivity index (χ3n) is 5.23. The first-order valence-corrected chi connectivity index (χ1v) is 10.9. The Labute approximate surface area is 200 Å². The molecule has 186 valence electrons. The zero-order chi connectivity index (χ0) is 25.2. The zero-order valence-corrected chi connectivity index (χ0v) is 19.0. The summed E-state index contributed by atoms with van der Waals surface area (Å²) in [7, 11) is 0. The Morgan fingerprint density at radius 2 is 1.91 bits per heavy atom. The summed E-state index contributed by atoms with van der Waals surface area (Å²) in [6, 6.07) is 11.7. The summed E-state index contributed by atoms with van der Waals surface area (Å²) in [5.41, 5.74) is 3.09. The van der Waals surface area contributed by atoms with Crippen molar-refractivity contribution in [1.29, 1.82) is 0 Å². The highest BCUT2D eigenvalue weighted by Crippen LogP contribution is 2.17. The van der Waals surface area contributed by atoms with Crippen LogP contribution in [0.2, 0.25) is 0 Å². The van der Waals surface area contributed by atoms with Crippen molar-refractivity contribution in [2.24, 2.45) is 5.92 Å². The molecule has 0 radical (unpaired) electrons. The molecule has 0 saturated carbocycles. The molecule has 13 heteroatoms. The van der Waals surface area contributed by atoms with Gasteiger partial charge in [0.05, 0.1) is 35.6 Å². The minimum absolute atomic E-state index is 0.00895. The van der Waals surface area contributed by atoms with E-state index in [1.54, 1.807) is 23.2 Å². The first kappa shape index (κ1) is 25.7. The van der Waals surface area contributed by atoms with E-state index in [1.807, 2.05) is 18.2 Å². The first-order valence-electron chi connectivity index (χ1n) is 10.9. The molecule has 3 N–H and O–H groups in total. The molecule has 0 saturated heterocycles. The topological polar surface area (TPSA) is 171 Å². The Morgan fingerprint density at radius 1 is 1.17 bits per heavy atom. The third-order valence-corrected chi connectivity index (χ3v) is 5.23. The summed E-state index contributed by atoms with van der Waals surface area (Å²) in [5.74, 6) is -1.97. The average molecular weight is 486 g/mol. The highest BCUT2D eigenvalue weighted by molar-refractivity contribution is 5.94. The normalized spacial score (nSPS) is 12.7. The number of nitrogens with one attached hydrogen (secondary N) is 2. The quantitative estimate of drug-likeness (QED) is 0.107. The van der Waals surface area contributed by atoms with Gasteiger partial charge in [-0.05, 0) is 37.6 Å². The molecule has 3 aromatic rings. The molecular weight excluding hydrogens is 460 g/mol. The van der Waals surface area contributed by atoms with Crippen molar-refractivity contribution >= 4 is 28.5 Å². The Hall–Kier alpha value is -3.94. The molecule has 13 nitrogen and oxygen atoms in total. The van der Waals surface area contributed by atoms with Crippen LogP contribution in [0.3, 0.4) is 0 Å². The Bertz CT molecular complexity index is 1150. The van der Waals surface area contributed by atoms with Crippen molar-refractivity contribution in [2.75, 3.05) is 20.0 Å². The molecule has 2 aromatic carbocycles. The highest BCUT2D eigenvalue weighted by Gasteiger charge is 2.26. The van der Waals surface area contributed by atoms with Crippen LogP contribution in [0, 0.1) is 16.0 Å². The molecule has 0 aliphatic rings. The maximum Gasteiger partial charge on any atom is 0.269 e. The van der Waals surface area contributed by atoms with Crippen LogP contribution in [0.4, 0.5) is 5.69 Å². The predicted octanol–water partition coefficient (Wildman–Crippen LogP) is 1.66. The number of nitro groups is 1. The van der Waals surface area contributed by atoms with Gasteiger partial charge in [0.15, 0.2) is 0 Å². The molecule has 1 heterocycles. The molecule has 0 spiro atoms. The lowest BCUT2D eigenvalue weighted by Gasteiger charge is -2.23. The lowest BCUT2D eigenvalue weighted by atomic mass is 9.98. The van der Waals surface area contributed by atoms with Crippen molar-refractivity contribution in [2.45, 2.75) is 25.9 Å². The van der Waals surface area contributed by atoms with Crippen LogP contribution in [0.15, 0.2) is 48.5 Å². The fraction of sp³-hybridized carbons (Fsp3) is 0.364. The molecule has 0 fully saturated rings. The first-order chi connectivity index (χ1) is 16.9. The SMILES string of the molecule is CCOCOC[C@H](C[C@H](Cn1nnc2ccccc21)C(=O)NO)NC(=O)c1ccc([N+](=O)[O-])cc1. The van der Waals surface area contributed by atoms with Crippen molar-refractivity contribution in [1.82, 2.24) is 25.8 Å². The number of nitro benzene ring substituents is 1. The molecule has 1 aromatic heterocycles. The number of carbonyl (C=O) groups excluding carboxylic acids is 2. The van der Waals surface area contributed by atoms with Gasteiger partial charge in [-0.1, -0.05) is 17.3 Å². The Balaban J connectivity index is 1.76. The van der Waals surface area contributed by atoms with Crippen LogP contribution < -0.4 is 10.8 Å². The maximum atomic E-state index is 12.8. The van der Waals surface area contributed by atoms with E-state index in [1.165, 1.54) is 24.3 Å². The van der Waals surface area contributed by atoms with Gasteiger partial charge in [0.2, 0.25) is 5.91 Å². The number of non-ortho nitro benzene ring substituents is 1. The minimum atomic E-state index is -0.803. The largest absolute Gasteiger partial charge is 0.356 e. The summed E-state index contributed by atoms with van der Waals surface area (Å²) >= 11 is 0. The minimum Gasteiger partial charge on any atom is -0.356 e. The highest BCUT2D eigenvalue weighted by atomic mass is 16.7. The second-order valence-corrected chi connectivity index (χ2v) is 7.62. The van der Waals surface area contributed by atoms with Crippen molar-refractivity contribution in [3.8, 4) is 0 Å². The second kappa shape index (κ2) is 12.5. The van der Waals surface area contributed by atoms with Crippen LogP contribution in [0.25, 0.3) is 11.0 Å². The van der Waals surface area contributed by atoms with Gasteiger partial charge in [0.25, 0.3) is 11.6 Å². The predicted molar refractivity (Wildman–Crippen MR) is 122 cm³/mol. The van der Waals surface area contributed by atoms with Gasteiger partial charge >= 0.3 is 0 Å². The number of rotatable bonds is 13. The molecule has 0 unspecified atom stereocenters. The summed E-state index contributed by atoms with van der Waals surface area (Å²) in [6.45, 7) is 2.34. The van der Waals surface area contributed by atoms with Crippen LogP contribution in [-0.2, 0) is 20.8 Å². The number of hydrogen-bond acceptors (Lipinski definition) is 9. The standard InChI is InChI=1S/C22H26N6O7/c1-2-34-14-35-13-17(23-21(29)15-7-9-18(10-8-15)28(32)33)11-16(22(30)25-31)12-27-20-6-4-3-5-19(20)24-26-27/h3-10,16-17,31H,2,11-14H2,1H3,(H,23,29)(H,25,30)/t16-,17+/m1/s1. The summed E-state index contributed by atoms with van der Waals surface area (Å²) in [4.78, 5) is 35.6. The number of hydrogen-bond donors (Lipinski definition) is 3. The lowest BCUT2D eigenvalue weighted by molar-refractivity contribution is -0.384. The number of amides is 2. The van der Waals surface area contributed by atoms with Crippen LogP contribution >= 0.6 is 0 Å². The zero-order valence-electron chi connectivity index (χ0n) is 19.0. The second-order valence-electron chi connectivity index (χ2n) is 7.62. The fourth-order valence-corrected chi connectivity index (χ4v) is 3.46. The van der Waals surface area contributed by atoms with E-state index in [0.29, 0.717) is 17.6 Å². The monoisotopic (exact) mass is 486 g/mol. The van der Waals surface area contributed by atoms with Gasteiger partial charge in [-0.2, -0.15) is 0 Å². The Morgan fingerprint density at radius 3 is 2.60 bits per heavy atom. The van der Waals surface area contributed by atoms with Gasteiger partial charge in [-0.15, -0.1) is 5.10 Å². The van der Waals surface area contributed by atoms with Gasteiger partial charge in [0, 0.05) is 24.3 Å². The molecule has 2 amide bonds. The smallest absolute Gasteiger partial charge is 0.269 e. The van der Waals surface area contributed by atoms with Gasteiger partial charge in [0.1, 0.15) is 12.3 Å². The molecule has 0 aliphatic heterocycles. The number of para-hydroxylation sites is 1. The number of carbonyl (C=O) groups is 2. The number of nitrogens with zero attached hydrogens (tertiary/aromatic N) is 4. The number of aromatic nitrogens is 3.